The van der Waals surface area contributed by atoms with Crippen molar-refractivity contribution in [2.24, 2.45) is 5.92 Å². The molecule has 30 heavy (non-hydrogen) atoms. The molecule has 0 fully saturated rings. The largest absolute Gasteiger partial charge is 0.354 e. The summed E-state index contributed by atoms with van der Waals surface area (Å²) in [5.74, 6) is -0.0135. The Balaban J connectivity index is 1.72. The molecule has 0 aliphatic heterocycles. The molecule has 1 N–H and O–H groups in total. The standard InChI is InChI=1S/C24H28N2O3S/c1-3-19(16-20-10-5-4-6-11-20)17-25-24(27)18-26(30(2,28)29)23-15-9-13-21-12-7-8-14-22(21)23/h4-15,19H,3,16-18H2,1-2H3,(H,25,27). The second-order valence-corrected chi connectivity index (χ2v) is 9.44. The summed E-state index contributed by atoms with van der Waals surface area (Å²) in [5, 5.41) is 4.66. The second kappa shape index (κ2) is 9.76. The number of sulfonamides is 1. The first-order valence-electron chi connectivity index (χ1n) is 10.1. The Bertz CT molecular complexity index is 1090. The van der Waals surface area contributed by atoms with Crippen LogP contribution < -0.4 is 9.62 Å². The topological polar surface area (TPSA) is 66.5 Å². The van der Waals surface area contributed by atoms with Gasteiger partial charge in [0.05, 0.1) is 11.9 Å². The third-order valence-corrected chi connectivity index (χ3v) is 6.38. The van der Waals surface area contributed by atoms with E-state index in [9.17, 15) is 13.2 Å². The van der Waals surface area contributed by atoms with Gasteiger partial charge < -0.3 is 5.32 Å². The quantitative estimate of drug-likeness (QED) is 0.565. The van der Waals surface area contributed by atoms with Crippen LogP contribution in [0.25, 0.3) is 10.8 Å². The van der Waals surface area contributed by atoms with Crippen LogP contribution in [0.2, 0.25) is 0 Å². The number of carbonyl (C=O) groups excluding carboxylic acids is 1. The number of anilines is 1. The Hall–Kier alpha value is -2.86. The lowest BCUT2D eigenvalue weighted by molar-refractivity contribution is -0.119. The maximum atomic E-state index is 12.7. The highest BCUT2D eigenvalue weighted by atomic mass is 32.2. The SMILES string of the molecule is CCC(CNC(=O)CN(c1cccc2ccccc12)S(C)(=O)=O)Cc1ccccc1. The van der Waals surface area contributed by atoms with Crippen LogP contribution in [0, 0.1) is 5.92 Å². The molecule has 1 unspecified atom stereocenters. The van der Waals surface area contributed by atoms with E-state index in [2.05, 4.69) is 24.4 Å². The van der Waals surface area contributed by atoms with Gasteiger partial charge >= 0.3 is 0 Å². The molecule has 5 nitrogen and oxygen atoms in total. The van der Waals surface area contributed by atoms with Crippen molar-refractivity contribution in [2.45, 2.75) is 19.8 Å². The fourth-order valence-electron chi connectivity index (χ4n) is 3.56. The Labute approximate surface area is 178 Å². The lowest BCUT2D eigenvalue weighted by atomic mass is 9.97. The van der Waals surface area contributed by atoms with Gasteiger partial charge in [-0.2, -0.15) is 0 Å². The van der Waals surface area contributed by atoms with E-state index >= 15 is 0 Å². The van der Waals surface area contributed by atoms with Crippen LogP contribution in [0.15, 0.2) is 72.8 Å². The fourth-order valence-corrected chi connectivity index (χ4v) is 4.43. The van der Waals surface area contributed by atoms with E-state index in [1.165, 1.54) is 9.87 Å². The Morgan fingerprint density at radius 1 is 0.967 bits per heavy atom. The maximum absolute atomic E-state index is 12.7. The predicted octanol–water partition coefficient (Wildman–Crippen LogP) is 3.99. The first kappa shape index (κ1) is 21.8. The van der Waals surface area contributed by atoms with Crippen LogP contribution in [-0.4, -0.2) is 33.7 Å². The van der Waals surface area contributed by atoms with Crippen molar-refractivity contribution in [3.05, 3.63) is 78.4 Å². The number of amides is 1. The average Bonchev–Trinajstić information content (AvgIpc) is 2.74. The number of fused-ring (bicyclic) bond motifs is 1. The fraction of sp³-hybridized carbons (Fsp3) is 0.292. The van der Waals surface area contributed by atoms with Crippen LogP contribution in [0.3, 0.4) is 0 Å². The molecule has 0 radical (unpaired) electrons. The van der Waals surface area contributed by atoms with Crippen molar-refractivity contribution in [3.63, 3.8) is 0 Å². The minimum atomic E-state index is -3.62. The minimum Gasteiger partial charge on any atom is -0.354 e. The van der Waals surface area contributed by atoms with Gasteiger partial charge in [-0.3, -0.25) is 9.10 Å². The molecule has 158 valence electrons. The van der Waals surface area contributed by atoms with Gasteiger partial charge in [-0.25, -0.2) is 8.42 Å². The van der Waals surface area contributed by atoms with E-state index in [0.717, 1.165) is 29.9 Å². The number of rotatable bonds is 9. The summed E-state index contributed by atoms with van der Waals surface area (Å²) in [6.45, 7) is 2.37. The molecule has 3 rings (SSSR count). The number of hydrogen-bond donors (Lipinski definition) is 1. The summed E-state index contributed by atoms with van der Waals surface area (Å²) in [5.41, 5.74) is 1.74. The molecule has 0 saturated heterocycles. The Morgan fingerprint density at radius 2 is 1.63 bits per heavy atom. The highest BCUT2D eigenvalue weighted by molar-refractivity contribution is 7.92. The van der Waals surface area contributed by atoms with Crippen LogP contribution in [0.4, 0.5) is 5.69 Å². The van der Waals surface area contributed by atoms with Crippen molar-refractivity contribution in [1.82, 2.24) is 5.32 Å². The summed E-state index contributed by atoms with van der Waals surface area (Å²) in [6, 6.07) is 23.2. The van der Waals surface area contributed by atoms with Crippen molar-refractivity contribution < 1.29 is 13.2 Å². The summed E-state index contributed by atoms with van der Waals surface area (Å²) >= 11 is 0. The predicted molar refractivity (Wildman–Crippen MR) is 123 cm³/mol. The Kier molecular flexibility index (Phi) is 7.11. The number of benzene rings is 3. The summed E-state index contributed by atoms with van der Waals surface area (Å²) in [7, 11) is -3.62. The minimum absolute atomic E-state index is 0.241. The van der Waals surface area contributed by atoms with Gasteiger partial charge in [-0.05, 0) is 29.4 Å². The molecular formula is C24H28N2O3S. The first-order valence-corrected chi connectivity index (χ1v) is 12.0. The summed E-state index contributed by atoms with van der Waals surface area (Å²) < 4.78 is 26.2. The van der Waals surface area contributed by atoms with Gasteiger partial charge in [0.25, 0.3) is 0 Å². The van der Waals surface area contributed by atoms with Gasteiger partial charge in [0.2, 0.25) is 15.9 Å². The van der Waals surface area contributed by atoms with Crippen LogP contribution in [0.5, 0.6) is 0 Å². The highest BCUT2D eigenvalue weighted by Gasteiger charge is 2.23. The summed E-state index contributed by atoms with van der Waals surface area (Å²) in [6.07, 6.45) is 2.93. The van der Waals surface area contributed by atoms with E-state index in [1.807, 2.05) is 48.5 Å². The van der Waals surface area contributed by atoms with Crippen LogP contribution >= 0.6 is 0 Å². The van der Waals surface area contributed by atoms with E-state index < -0.39 is 10.0 Å². The van der Waals surface area contributed by atoms with E-state index in [0.29, 0.717) is 18.2 Å². The number of nitrogens with one attached hydrogen (secondary N) is 1. The smallest absolute Gasteiger partial charge is 0.240 e. The lowest BCUT2D eigenvalue weighted by Gasteiger charge is -2.24. The van der Waals surface area contributed by atoms with E-state index in [-0.39, 0.29) is 12.5 Å². The van der Waals surface area contributed by atoms with Crippen molar-refractivity contribution in [3.8, 4) is 0 Å². The van der Waals surface area contributed by atoms with Gasteiger partial charge in [0.1, 0.15) is 6.54 Å². The van der Waals surface area contributed by atoms with E-state index in [1.54, 1.807) is 12.1 Å². The highest BCUT2D eigenvalue weighted by Crippen LogP contribution is 2.28. The molecule has 0 heterocycles. The molecule has 0 aliphatic rings. The average molecular weight is 425 g/mol. The molecule has 0 saturated carbocycles. The van der Waals surface area contributed by atoms with Gasteiger partial charge in [-0.15, -0.1) is 0 Å². The zero-order chi connectivity index (χ0) is 21.6. The van der Waals surface area contributed by atoms with E-state index in [4.69, 9.17) is 0 Å². The van der Waals surface area contributed by atoms with Crippen LogP contribution in [-0.2, 0) is 21.2 Å². The molecular weight excluding hydrogens is 396 g/mol. The monoisotopic (exact) mass is 424 g/mol. The zero-order valence-corrected chi connectivity index (χ0v) is 18.2. The number of hydrogen-bond acceptors (Lipinski definition) is 3. The van der Waals surface area contributed by atoms with Crippen molar-refractivity contribution >= 4 is 32.4 Å². The third-order valence-electron chi connectivity index (χ3n) is 5.26. The molecule has 0 aliphatic carbocycles. The molecule has 6 heteroatoms. The lowest BCUT2D eigenvalue weighted by Crippen LogP contribution is -2.42. The molecule has 1 amide bonds. The maximum Gasteiger partial charge on any atom is 0.240 e. The zero-order valence-electron chi connectivity index (χ0n) is 17.4. The molecule has 0 aromatic heterocycles. The van der Waals surface area contributed by atoms with Crippen LogP contribution in [0.1, 0.15) is 18.9 Å². The normalized spacial score (nSPS) is 12.5. The van der Waals surface area contributed by atoms with Gasteiger partial charge in [0, 0.05) is 11.9 Å². The number of carbonyl (C=O) groups is 1. The first-order chi connectivity index (χ1) is 14.4. The van der Waals surface area contributed by atoms with Gasteiger partial charge in [-0.1, -0.05) is 80.1 Å². The number of nitrogens with zero attached hydrogens (tertiary/aromatic N) is 1. The van der Waals surface area contributed by atoms with Crippen molar-refractivity contribution in [1.29, 1.82) is 0 Å². The molecule has 0 bridgehead atoms. The van der Waals surface area contributed by atoms with Crippen molar-refractivity contribution in [2.75, 3.05) is 23.7 Å². The second-order valence-electron chi connectivity index (χ2n) is 7.54. The van der Waals surface area contributed by atoms with Gasteiger partial charge in [0.15, 0.2) is 0 Å². The Morgan fingerprint density at radius 3 is 2.33 bits per heavy atom. The third kappa shape index (κ3) is 5.60. The molecule has 1 atom stereocenters. The summed E-state index contributed by atoms with van der Waals surface area (Å²) in [4.78, 5) is 12.7. The molecule has 0 spiro atoms. The molecule has 3 aromatic carbocycles. The molecule has 3 aromatic rings.